The minimum absolute atomic E-state index is 0.0510. The number of hydrogen-bond acceptors (Lipinski definition) is 2. The number of aryl methyl sites for hydroxylation is 1. The standard InChI is InChI=1S/C11H14N2/c1-9-3-2-4-10(7-9)11(8-13)5-6-12/h2-4,7,11H,5-6,12H2,1H3. The maximum atomic E-state index is 8.90. The van der Waals surface area contributed by atoms with Crippen molar-refractivity contribution in [1.29, 1.82) is 5.26 Å². The Bertz CT molecular complexity index is 312. The average molecular weight is 174 g/mol. The number of nitrogens with two attached hydrogens (primary N) is 1. The third kappa shape index (κ3) is 2.57. The molecule has 0 aliphatic carbocycles. The van der Waals surface area contributed by atoms with Crippen LogP contribution in [0.5, 0.6) is 0 Å². The molecule has 0 aromatic heterocycles. The third-order valence-electron chi connectivity index (χ3n) is 2.06. The lowest BCUT2D eigenvalue weighted by molar-refractivity contribution is 0.757. The van der Waals surface area contributed by atoms with Crippen LogP contribution in [0.2, 0.25) is 0 Å². The van der Waals surface area contributed by atoms with Crippen LogP contribution < -0.4 is 5.73 Å². The van der Waals surface area contributed by atoms with Gasteiger partial charge in [-0.15, -0.1) is 0 Å². The smallest absolute Gasteiger partial charge is 0.0724 e. The van der Waals surface area contributed by atoms with Gasteiger partial charge in [-0.3, -0.25) is 0 Å². The molecule has 0 heterocycles. The van der Waals surface area contributed by atoms with Crippen molar-refractivity contribution in [2.75, 3.05) is 6.54 Å². The van der Waals surface area contributed by atoms with Crippen molar-refractivity contribution in [3.63, 3.8) is 0 Å². The summed E-state index contributed by atoms with van der Waals surface area (Å²) >= 11 is 0. The summed E-state index contributed by atoms with van der Waals surface area (Å²) in [5, 5.41) is 8.90. The molecule has 0 fully saturated rings. The van der Waals surface area contributed by atoms with Crippen LogP contribution in [0, 0.1) is 18.3 Å². The van der Waals surface area contributed by atoms with E-state index < -0.39 is 0 Å². The minimum atomic E-state index is -0.0510. The molecule has 2 heteroatoms. The highest BCUT2D eigenvalue weighted by atomic mass is 14.5. The van der Waals surface area contributed by atoms with Crippen molar-refractivity contribution >= 4 is 0 Å². The number of hydrogen-bond donors (Lipinski definition) is 1. The maximum absolute atomic E-state index is 8.90. The molecule has 1 aromatic rings. The maximum Gasteiger partial charge on any atom is 0.0724 e. The summed E-state index contributed by atoms with van der Waals surface area (Å²) in [6, 6.07) is 10.3. The van der Waals surface area contributed by atoms with Crippen LogP contribution in [-0.2, 0) is 0 Å². The summed E-state index contributed by atoms with van der Waals surface area (Å²) in [4.78, 5) is 0. The number of nitriles is 1. The predicted octanol–water partition coefficient (Wildman–Crippen LogP) is 1.95. The minimum Gasteiger partial charge on any atom is -0.330 e. The molecule has 0 spiro atoms. The lowest BCUT2D eigenvalue weighted by atomic mass is 9.96. The summed E-state index contributed by atoms with van der Waals surface area (Å²) < 4.78 is 0. The SMILES string of the molecule is Cc1cccc(C(C#N)CCN)c1. The average Bonchev–Trinajstić information content (AvgIpc) is 2.14. The van der Waals surface area contributed by atoms with Gasteiger partial charge in [-0.05, 0) is 25.5 Å². The van der Waals surface area contributed by atoms with E-state index in [1.165, 1.54) is 5.56 Å². The van der Waals surface area contributed by atoms with Gasteiger partial charge in [0.1, 0.15) is 0 Å². The van der Waals surface area contributed by atoms with Crippen LogP contribution in [0.3, 0.4) is 0 Å². The van der Waals surface area contributed by atoms with E-state index >= 15 is 0 Å². The molecule has 0 saturated carbocycles. The molecule has 1 unspecified atom stereocenters. The Balaban J connectivity index is 2.86. The molecule has 2 nitrogen and oxygen atoms in total. The van der Waals surface area contributed by atoms with Crippen LogP contribution in [0.15, 0.2) is 24.3 Å². The molecule has 1 atom stereocenters. The summed E-state index contributed by atoms with van der Waals surface area (Å²) in [5.41, 5.74) is 7.70. The Hall–Kier alpha value is -1.33. The summed E-state index contributed by atoms with van der Waals surface area (Å²) in [7, 11) is 0. The second-order valence-electron chi connectivity index (χ2n) is 3.17. The van der Waals surface area contributed by atoms with Crippen molar-refractivity contribution in [3.8, 4) is 6.07 Å². The molecular formula is C11H14N2. The van der Waals surface area contributed by atoms with Gasteiger partial charge < -0.3 is 5.73 Å². The van der Waals surface area contributed by atoms with Crippen molar-refractivity contribution in [2.45, 2.75) is 19.3 Å². The third-order valence-corrected chi connectivity index (χ3v) is 2.06. The molecule has 1 rings (SSSR count). The fourth-order valence-electron chi connectivity index (χ4n) is 1.36. The lowest BCUT2D eigenvalue weighted by Gasteiger charge is -2.07. The normalized spacial score (nSPS) is 12.1. The van der Waals surface area contributed by atoms with Gasteiger partial charge in [0.15, 0.2) is 0 Å². The van der Waals surface area contributed by atoms with Crippen molar-refractivity contribution in [2.24, 2.45) is 5.73 Å². The van der Waals surface area contributed by atoms with E-state index in [0.29, 0.717) is 6.54 Å². The van der Waals surface area contributed by atoms with E-state index in [1.54, 1.807) is 0 Å². The Morgan fingerprint density at radius 1 is 1.54 bits per heavy atom. The quantitative estimate of drug-likeness (QED) is 0.761. The molecule has 0 aliphatic rings. The van der Waals surface area contributed by atoms with E-state index in [-0.39, 0.29) is 5.92 Å². The zero-order chi connectivity index (χ0) is 9.68. The fraction of sp³-hybridized carbons (Fsp3) is 0.364. The molecule has 0 radical (unpaired) electrons. The molecular weight excluding hydrogens is 160 g/mol. The summed E-state index contributed by atoms with van der Waals surface area (Å²) in [6.07, 6.45) is 0.736. The van der Waals surface area contributed by atoms with E-state index in [1.807, 2.05) is 31.2 Å². The zero-order valence-corrected chi connectivity index (χ0v) is 7.83. The Morgan fingerprint density at radius 3 is 2.85 bits per heavy atom. The first-order valence-electron chi connectivity index (χ1n) is 4.44. The summed E-state index contributed by atoms with van der Waals surface area (Å²) in [6.45, 7) is 2.59. The fourth-order valence-corrected chi connectivity index (χ4v) is 1.36. The summed E-state index contributed by atoms with van der Waals surface area (Å²) in [5.74, 6) is -0.0510. The van der Waals surface area contributed by atoms with E-state index in [9.17, 15) is 0 Å². The van der Waals surface area contributed by atoms with Crippen molar-refractivity contribution < 1.29 is 0 Å². The first-order valence-corrected chi connectivity index (χ1v) is 4.44. The van der Waals surface area contributed by atoms with Gasteiger partial charge in [-0.1, -0.05) is 29.8 Å². The van der Waals surface area contributed by atoms with Gasteiger partial charge in [-0.2, -0.15) is 5.26 Å². The molecule has 13 heavy (non-hydrogen) atoms. The number of benzene rings is 1. The van der Waals surface area contributed by atoms with Crippen molar-refractivity contribution in [1.82, 2.24) is 0 Å². The topological polar surface area (TPSA) is 49.8 Å². The van der Waals surface area contributed by atoms with Gasteiger partial charge in [0.2, 0.25) is 0 Å². The Morgan fingerprint density at radius 2 is 2.31 bits per heavy atom. The monoisotopic (exact) mass is 174 g/mol. The molecule has 0 amide bonds. The van der Waals surface area contributed by atoms with Crippen LogP contribution in [-0.4, -0.2) is 6.54 Å². The van der Waals surface area contributed by atoms with Crippen LogP contribution in [0.4, 0.5) is 0 Å². The lowest BCUT2D eigenvalue weighted by Crippen LogP contribution is -2.05. The number of rotatable bonds is 3. The van der Waals surface area contributed by atoms with Crippen LogP contribution in [0.1, 0.15) is 23.5 Å². The molecule has 0 aliphatic heterocycles. The molecule has 2 N–H and O–H groups in total. The molecule has 0 saturated heterocycles. The first kappa shape index (κ1) is 9.76. The van der Waals surface area contributed by atoms with E-state index in [0.717, 1.165) is 12.0 Å². The van der Waals surface area contributed by atoms with Gasteiger partial charge >= 0.3 is 0 Å². The van der Waals surface area contributed by atoms with Gasteiger partial charge in [0.05, 0.1) is 12.0 Å². The van der Waals surface area contributed by atoms with Crippen LogP contribution in [0.25, 0.3) is 0 Å². The largest absolute Gasteiger partial charge is 0.330 e. The van der Waals surface area contributed by atoms with E-state index in [4.69, 9.17) is 11.0 Å². The molecule has 1 aromatic carbocycles. The Labute approximate surface area is 79.0 Å². The van der Waals surface area contributed by atoms with Crippen molar-refractivity contribution in [3.05, 3.63) is 35.4 Å². The second-order valence-corrected chi connectivity index (χ2v) is 3.17. The predicted molar refractivity (Wildman–Crippen MR) is 53.2 cm³/mol. The number of nitrogens with zero attached hydrogens (tertiary/aromatic N) is 1. The van der Waals surface area contributed by atoms with Gasteiger partial charge in [0.25, 0.3) is 0 Å². The van der Waals surface area contributed by atoms with E-state index in [2.05, 4.69) is 6.07 Å². The second kappa shape index (κ2) is 4.64. The highest BCUT2D eigenvalue weighted by molar-refractivity contribution is 5.28. The zero-order valence-electron chi connectivity index (χ0n) is 7.83. The molecule has 0 bridgehead atoms. The first-order chi connectivity index (χ1) is 6.27. The molecule has 68 valence electrons. The highest BCUT2D eigenvalue weighted by Crippen LogP contribution is 2.18. The highest BCUT2D eigenvalue weighted by Gasteiger charge is 2.08. The Kier molecular flexibility index (Phi) is 3.48. The van der Waals surface area contributed by atoms with Gasteiger partial charge in [-0.25, -0.2) is 0 Å². The van der Waals surface area contributed by atoms with Gasteiger partial charge in [0, 0.05) is 0 Å². The van der Waals surface area contributed by atoms with Crippen LogP contribution >= 0.6 is 0 Å².